The summed E-state index contributed by atoms with van der Waals surface area (Å²) in [4.78, 5) is 11.1. The zero-order valence-electron chi connectivity index (χ0n) is 13.1. The molecule has 128 valence electrons. The number of amides is 1. The molecule has 0 spiro atoms. The van der Waals surface area contributed by atoms with Crippen LogP contribution in [0.3, 0.4) is 0 Å². The lowest BCUT2D eigenvalue weighted by molar-refractivity contribution is -0.114. The highest BCUT2D eigenvalue weighted by Gasteiger charge is 2.35. The summed E-state index contributed by atoms with van der Waals surface area (Å²) in [6.07, 6.45) is -0.400. The maximum Gasteiger partial charge on any atom is 0.293 e. The topological polar surface area (TPSA) is 112 Å². The molecule has 1 amide bonds. The Labute approximate surface area is 143 Å². The molecule has 3 rings (SSSR count). The van der Waals surface area contributed by atoms with Gasteiger partial charge in [0.15, 0.2) is 0 Å². The van der Waals surface area contributed by atoms with E-state index in [1.165, 1.54) is 11.2 Å². The van der Waals surface area contributed by atoms with E-state index in [-0.39, 0.29) is 21.9 Å². The number of sulfonamides is 1. The van der Waals surface area contributed by atoms with Crippen molar-refractivity contribution in [1.82, 2.24) is 10.2 Å². The van der Waals surface area contributed by atoms with Crippen LogP contribution in [0.25, 0.3) is 0 Å². The monoisotopic (exact) mass is 368 g/mol. The fourth-order valence-corrected chi connectivity index (χ4v) is 5.27. The number of benzene rings is 1. The van der Waals surface area contributed by atoms with Crippen molar-refractivity contribution in [1.29, 1.82) is 0 Å². The van der Waals surface area contributed by atoms with Gasteiger partial charge in [0, 0.05) is 19.0 Å². The minimum atomic E-state index is -3.92. The molecule has 0 saturated heterocycles. The smallest absolute Gasteiger partial charge is 0.293 e. The number of nitrogens with one attached hydrogen (secondary N) is 1. The van der Waals surface area contributed by atoms with Crippen LogP contribution in [0.2, 0.25) is 0 Å². The van der Waals surface area contributed by atoms with E-state index in [1.807, 2.05) is 0 Å². The van der Waals surface area contributed by atoms with E-state index in [0.717, 1.165) is 16.9 Å². The SMILES string of the molecule is CC(=O)Nc1nnc(S(=O)(=O)N2CCC(O)c3cccc(C)c32)s1. The van der Waals surface area contributed by atoms with Crippen LogP contribution in [0.4, 0.5) is 10.8 Å². The molecule has 1 aliphatic rings. The molecule has 8 nitrogen and oxygen atoms in total. The van der Waals surface area contributed by atoms with Crippen molar-refractivity contribution in [2.75, 3.05) is 16.2 Å². The minimum absolute atomic E-state index is 0.128. The largest absolute Gasteiger partial charge is 0.388 e. The van der Waals surface area contributed by atoms with Gasteiger partial charge in [-0.1, -0.05) is 29.5 Å². The number of hydrogen-bond donors (Lipinski definition) is 2. The van der Waals surface area contributed by atoms with E-state index in [9.17, 15) is 18.3 Å². The first-order chi connectivity index (χ1) is 11.3. The zero-order valence-corrected chi connectivity index (χ0v) is 14.7. The highest BCUT2D eigenvalue weighted by molar-refractivity contribution is 7.94. The van der Waals surface area contributed by atoms with Gasteiger partial charge < -0.3 is 10.4 Å². The second-order valence-electron chi connectivity index (χ2n) is 5.45. The Morgan fingerprint density at radius 2 is 2.17 bits per heavy atom. The summed E-state index contributed by atoms with van der Waals surface area (Å²) >= 11 is 0.797. The molecule has 0 saturated carbocycles. The number of hydrogen-bond acceptors (Lipinski definition) is 7. The average molecular weight is 368 g/mol. The summed E-state index contributed by atoms with van der Waals surface area (Å²) in [6.45, 7) is 3.25. The molecule has 1 aromatic heterocycles. The maximum atomic E-state index is 12.9. The molecular weight excluding hydrogens is 352 g/mol. The van der Waals surface area contributed by atoms with E-state index < -0.39 is 16.1 Å². The molecular formula is C14H16N4O4S2. The van der Waals surface area contributed by atoms with Gasteiger partial charge in [-0.3, -0.25) is 9.10 Å². The zero-order chi connectivity index (χ0) is 17.5. The third-order valence-corrected chi connectivity index (χ3v) is 6.67. The van der Waals surface area contributed by atoms with Gasteiger partial charge in [-0.15, -0.1) is 10.2 Å². The lowest BCUT2D eigenvalue weighted by Crippen LogP contribution is -2.37. The predicted molar refractivity (Wildman–Crippen MR) is 89.5 cm³/mol. The molecule has 0 bridgehead atoms. The Morgan fingerprint density at radius 3 is 2.88 bits per heavy atom. The van der Waals surface area contributed by atoms with Crippen molar-refractivity contribution < 1.29 is 18.3 Å². The third kappa shape index (κ3) is 2.87. The molecule has 24 heavy (non-hydrogen) atoms. The maximum absolute atomic E-state index is 12.9. The highest BCUT2D eigenvalue weighted by Crippen LogP contribution is 2.39. The third-order valence-electron chi connectivity index (χ3n) is 3.68. The van der Waals surface area contributed by atoms with Crippen LogP contribution in [-0.2, 0) is 14.8 Å². The summed E-state index contributed by atoms with van der Waals surface area (Å²) in [5.41, 5.74) is 1.81. The van der Waals surface area contributed by atoms with Crippen molar-refractivity contribution in [2.45, 2.75) is 30.7 Å². The molecule has 1 atom stereocenters. The normalized spacial score (nSPS) is 17.5. The molecule has 2 heterocycles. The molecule has 1 unspecified atom stereocenters. The van der Waals surface area contributed by atoms with E-state index in [2.05, 4.69) is 15.5 Å². The molecule has 2 N–H and O–H groups in total. The van der Waals surface area contributed by atoms with Crippen LogP contribution in [0, 0.1) is 6.92 Å². The Hall–Kier alpha value is -2.04. The number of carbonyl (C=O) groups excluding carboxylic acids is 1. The van der Waals surface area contributed by atoms with Gasteiger partial charge in [0.25, 0.3) is 14.4 Å². The van der Waals surface area contributed by atoms with Crippen molar-refractivity contribution >= 4 is 38.1 Å². The van der Waals surface area contributed by atoms with Crippen molar-refractivity contribution in [3.8, 4) is 0 Å². The van der Waals surface area contributed by atoms with E-state index >= 15 is 0 Å². The Bertz CT molecular complexity index is 894. The number of aromatic nitrogens is 2. The number of aliphatic hydroxyl groups is 1. The molecule has 0 radical (unpaired) electrons. The summed E-state index contributed by atoms with van der Waals surface area (Å²) in [5, 5.41) is 20.1. The Balaban J connectivity index is 2.04. The molecule has 2 aromatic rings. The quantitative estimate of drug-likeness (QED) is 0.793. The lowest BCUT2D eigenvalue weighted by Gasteiger charge is -2.33. The number of aliphatic hydroxyl groups excluding tert-OH is 1. The molecule has 0 aliphatic carbocycles. The van der Waals surface area contributed by atoms with E-state index in [0.29, 0.717) is 17.7 Å². The number of nitrogens with zero attached hydrogens (tertiary/aromatic N) is 3. The number of anilines is 2. The summed E-state index contributed by atoms with van der Waals surface area (Å²) in [7, 11) is -3.92. The average Bonchev–Trinajstić information content (AvgIpc) is 2.97. The number of aryl methyl sites for hydroxylation is 1. The number of carbonyl (C=O) groups is 1. The first-order valence-electron chi connectivity index (χ1n) is 7.22. The van der Waals surface area contributed by atoms with Crippen LogP contribution in [-0.4, -0.2) is 36.2 Å². The van der Waals surface area contributed by atoms with Gasteiger partial charge in [-0.05, 0) is 18.9 Å². The second-order valence-corrected chi connectivity index (χ2v) is 8.46. The number of para-hydroxylation sites is 1. The van der Waals surface area contributed by atoms with Gasteiger partial charge in [0.1, 0.15) is 0 Å². The van der Waals surface area contributed by atoms with E-state index in [4.69, 9.17) is 0 Å². The summed E-state index contributed by atoms with van der Waals surface area (Å²) in [5.74, 6) is -0.350. The summed E-state index contributed by atoms with van der Waals surface area (Å²) < 4.78 is 27.0. The van der Waals surface area contributed by atoms with Gasteiger partial charge >= 0.3 is 0 Å². The van der Waals surface area contributed by atoms with Crippen LogP contribution >= 0.6 is 11.3 Å². The highest BCUT2D eigenvalue weighted by atomic mass is 32.2. The fourth-order valence-electron chi connectivity index (χ4n) is 2.65. The van der Waals surface area contributed by atoms with Crippen molar-refractivity contribution in [2.24, 2.45) is 0 Å². The van der Waals surface area contributed by atoms with Crippen LogP contribution in [0.1, 0.15) is 30.6 Å². The van der Waals surface area contributed by atoms with Gasteiger partial charge in [-0.25, -0.2) is 0 Å². The number of rotatable bonds is 3. The molecule has 1 aliphatic heterocycles. The van der Waals surface area contributed by atoms with Crippen LogP contribution in [0.15, 0.2) is 22.5 Å². The predicted octanol–water partition coefficient (Wildman–Crippen LogP) is 1.44. The molecule has 10 heteroatoms. The van der Waals surface area contributed by atoms with Gasteiger partial charge in [-0.2, -0.15) is 8.42 Å². The van der Waals surface area contributed by atoms with Crippen molar-refractivity contribution in [3.63, 3.8) is 0 Å². The van der Waals surface area contributed by atoms with Crippen molar-refractivity contribution in [3.05, 3.63) is 29.3 Å². The fraction of sp³-hybridized carbons (Fsp3) is 0.357. The van der Waals surface area contributed by atoms with E-state index in [1.54, 1.807) is 25.1 Å². The number of fused-ring (bicyclic) bond motifs is 1. The Morgan fingerprint density at radius 1 is 1.42 bits per heavy atom. The minimum Gasteiger partial charge on any atom is -0.388 e. The first-order valence-corrected chi connectivity index (χ1v) is 9.48. The standard InChI is InChI=1S/C14H16N4O4S2/c1-8-4-3-5-10-11(20)6-7-18(12(8)10)24(21,22)14-17-16-13(23-14)15-9(2)19/h3-5,11,20H,6-7H2,1-2H3,(H,15,16,19). The summed E-state index contributed by atoms with van der Waals surface area (Å²) in [6, 6.07) is 5.30. The molecule has 0 fully saturated rings. The van der Waals surface area contributed by atoms with Crippen LogP contribution < -0.4 is 9.62 Å². The van der Waals surface area contributed by atoms with Gasteiger partial charge in [0.05, 0.1) is 11.8 Å². The van der Waals surface area contributed by atoms with Gasteiger partial charge in [0.2, 0.25) is 11.0 Å². The lowest BCUT2D eigenvalue weighted by atomic mass is 9.98. The second kappa shape index (κ2) is 6.11. The first kappa shape index (κ1) is 16.8. The Kier molecular flexibility index (Phi) is 4.28. The molecule has 1 aromatic carbocycles. The van der Waals surface area contributed by atoms with Crippen LogP contribution in [0.5, 0.6) is 0 Å².